The van der Waals surface area contributed by atoms with Gasteiger partial charge in [-0.3, -0.25) is 20.4 Å². The largest absolute Gasteiger partial charge is 0.422 e. The van der Waals surface area contributed by atoms with E-state index in [9.17, 15) is 18.8 Å². The van der Waals surface area contributed by atoms with Crippen LogP contribution in [0.1, 0.15) is 20.7 Å². The molecule has 0 aliphatic heterocycles. The number of carbonyl (C=O) groups excluding carboxylic acids is 2. The highest BCUT2D eigenvalue weighted by Crippen LogP contribution is 2.12. The van der Waals surface area contributed by atoms with Gasteiger partial charge in [0.25, 0.3) is 11.8 Å². The molecule has 0 atom stereocenters. The third kappa shape index (κ3) is 3.00. The zero-order valence-electron chi connectivity index (χ0n) is 12.2. The summed E-state index contributed by atoms with van der Waals surface area (Å²) in [6.45, 7) is 0. The number of fused-ring (bicyclic) bond motifs is 1. The van der Waals surface area contributed by atoms with E-state index in [4.69, 9.17) is 4.42 Å². The predicted molar refractivity (Wildman–Crippen MR) is 83.8 cm³/mol. The minimum absolute atomic E-state index is 0.233. The lowest BCUT2D eigenvalue weighted by Gasteiger charge is -2.07. The maximum atomic E-state index is 13.5. The van der Waals surface area contributed by atoms with Gasteiger partial charge in [0.05, 0.1) is 5.56 Å². The lowest BCUT2D eigenvalue weighted by Crippen LogP contribution is -2.43. The van der Waals surface area contributed by atoms with Crippen molar-refractivity contribution in [1.29, 1.82) is 0 Å². The Morgan fingerprint density at radius 2 is 1.50 bits per heavy atom. The Balaban J connectivity index is 1.78. The summed E-state index contributed by atoms with van der Waals surface area (Å²) in [4.78, 5) is 35.7. The second-order valence-electron chi connectivity index (χ2n) is 4.87. The molecule has 0 radical (unpaired) electrons. The average Bonchev–Trinajstić information content (AvgIpc) is 2.59. The highest BCUT2D eigenvalue weighted by Gasteiger charge is 2.16. The number of amides is 2. The Hall–Kier alpha value is -3.48. The molecule has 0 saturated carbocycles. The van der Waals surface area contributed by atoms with Crippen LogP contribution >= 0.6 is 0 Å². The Bertz CT molecular complexity index is 997. The van der Waals surface area contributed by atoms with Crippen LogP contribution in [0, 0.1) is 5.82 Å². The summed E-state index contributed by atoms with van der Waals surface area (Å²) in [6.07, 6.45) is 0. The fourth-order valence-corrected chi connectivity index (χ4v) is 2.11. The predicted octanol–water partition coefficient (Wildman–Crippen LogP) is 2.01. The molecule has 0 bridgehead atoms. The van der Waals surface area contributed by atoms with Crippen LogP contribution < -0.4 is 16.5 Å². The van der Waals surface area contributed by atoms with Crippen molar-refractivity contribution in [3.63, 3.8) is 0 Å². The summed E-state index contributed by atoms with van der Waals surface area (Å²) >= 11 is 0. The van der Waals surface area contributed by atoms with Crippen molar-refractivity contribution in [1.82, 2.24) is 10.9 Å². The number of hydrazine groups is 1. The number of para-hydroxylation sites is 1. The van der Waals surface area contributed by atoms with E-state index >= 15 is 0 Å². The minimum atomic E-state index is -0.862. The van der Waals surface area contributed by atoms with Crippen LogP contribution in [-0.2, 0) is 0 Å². The van der Waals surface area contributed by atoms with Crippen LogP contribution in [0.2, 0.25) is 0 Å². The number of carbonyl (C=O) groups is 2. The van der Waals surface area contributed by atoms with E-state index in [0.717, 1.165) is 6.07 Å². The number of hydrogen-bond acceptors (Lipinski definition) is 4. The summed E-state index contributed by atoms with van der Waals surface area (Å²) in [7, 11) is 0. The van der Waals surface area contributed by atoms with Crippen molar-refractivity contribution in [2.75, 3.05) is 0 Å². The Morgan fingerprint density at radius 1 is 0.875 bits per heavy atom. The molecule has 3 aromatic rings. The summed E-state index contributed by atoms with van der Waals surface area (Å²) in [5.74, 6) is -2.43. The SMILES string of the molecule is O=C(NNC(=O)c1cc2ccccc2oc1=O)c1ccccc1F. The third-order valence-corrected chi connectivity index (χ3v) is 3.29. The molecule has 6 nitrogen and oxygen atoms in total. The lowest BCUT2D eigenvalue weighted by molar-refractivity contribution is 0.0842. The van der Waals surface area contributed by atoms with E-state index < -0.39 is 23.3 Å². The topological polar surface area (TPSA) is 88.4 Å². The number of rotatable bonds is 2. The van der Waals surface area contributed by atoms with Crippen LogP contribution in [0.15, 0.2) is 63.8 Å². The maximum absolute atomic E-state index is 13.5. The molecule has 0 aliphatic rings. The summed E-state index contributed by atoms with van der Waals surface area (Å²) in [5, 5.41) is 0.558. The molecule has 3 rings (SSSR count). The first-order valence-corrected chi connectivity index (χ1v) is 6.94. The molecule has 0 aliphatic carbocycles. The van der Waals surface area contributed by atoms with Crippen molar-refractivity contribution >= 4 is 22.8 Å². The van der Waals surface area contributed by atoms with E-state index in [1.54, 1.807) is 24.3 Å². The molecule has 2 amide bonds. The highest BCUT2D eigenvalue weighted by molar-refractivity contribution is 6.00. The van der Waals surface area contributed by atoms with Gasteiger partial charge >= 0.3 is 5.63 Å². The molecular formula is C17H11FN2O4. The second kappa shape index (κ2) is 6.33. The lowest BCUT2D eigenvalue weighted by atomic mass is 10.2. The molecule has 0 unspecified atom stereocenters. The van der Waals surface area contributed by atoms with Crippen molar-refractivity contribution in [3.8, 4) is 0 Å². The third-order valence-electron chi connectivity index (χ3n) is 3.29. The highest BCUT2D eigenvalue weighted by atomic mass is 19.1. The van der Waals surface area contributed by atoms with Gasteiger partial charge in [-0.15, -0.1) is 0 Å². The van der Waals surface area contributed by atoms with E-state index in [1.165, 1.54) is 24.3 Å². The quantitative estimate of drug-likeness (QED) is 0.557. The van der Waals surface area contributed by atoms with Crippen LogP contribution in [0.3, 0.4) is 0 Å². The smallest absolute Gasteiger partial charge is 0.349 e. The van der Waals surface area contributed by atoms with Gasteiger partial charge in [-0.25, -0.2) is 9.18 Å². The maximum Gasteiger partial charge on any atom is 0.349 e. The van der Waals surface area contributed by atoms with Crippen molar-refractivity contribution in [3.05, 3.63) is 82.0 Å². The van der Waals surface area contributed by atoms with E-state index in [0.29, 0.717) is 11.0 Å². The van der Waals surface area contributed by atoms with Crippen LogP contribution in [0.25, 0.3) is 11.0 Å². The zero-order valence-corrected chi connectivity index (χ0v) is 12.2. The molecule has 7 heteroatoms. The molecular weight excluding hydrogens is 315 g/mol. The van der Waals surface area contributed by atoms with E-state index in [1.807, 2.05) is 0 Å². The molecule has 1 aromatic heterocycles. The summed E-state index contributed by atoms with van der Waals surface area (Å²) in [6, 6.07) is 13.3. The molecule has 2 N–H and O–H groups in total. The molecule has 1 heterocycles. The van der Waals surface area contributed by atoms with Gasteiger partial charge in [0.1, 0.15) is 17.0 Å². The first-order chi connectivity index (χ1) is 11.6. The standard InChI is InChI=1S/C17H11FN2O4/c18-13-7-3-2-6-11(13)15(21)19-20-16(22)12-9-10-5-1-4-8-14(10)24-17(12)23/h1-9H,(H,19,21)(H,20,22). The van der Waals surface area contributed by atoms with Crippen LogP contribution in [0.5, 0.6) is 0 Å². The van der Waals surface area contributed by atoms with Gasteiger partial charge in [0.15, 0.2) is 0 Å². The molecule has 2 aromatic carbocycles. The van der Waals surface area contributed by atoms with E-state index in [-0.39, 0.29) is 11.1 Å². The Labute approximate surface area is 134 Å². The van der Waals surface area contributed by atoms with Crippen molar-refractivity contribution in [2.24, 2.45) is 0 Å². The first-order valence-electron chi connectivity index (χ1n) is 6.94. The van der Waals surface area contributed by atoms with Crippen molar-refractivity contribution in [2.45, 2.75) is 0 Å². The molecule has 120 valence electrons. The van der Waals surface area contributed by atoms with Crippen LogP contribution in [-0.4, -0.2) is 11.8 Å². The number of halogens is 1. The molecule has 24 heavy (non-hydrogen) atoms. The summed E-state index contributed by atoms with van der Waals surface area (Å²) < 4.78 is 18.5. The number of nitrogens with one attached hydrogen (secondary N) is 2. The van der Waals surface area contributed by atoms with Crippen LogP contribution in [0.4, 0.5) is 4.39 Å². The fraction of sp³-hybridized carbons (Fsp3) is 0. The average molecular weight is 326 g/mol. The van der Waals surface area contributed by atoms with Crippen molar-refractivity contribution < 1.29 is 18.4 Å². The Morgan fingerprint density at radius 3 is 2.25 bits per heavy atom. The van der Waals surface area contributed by atoms with Gasteiger partial charge in [-0.05, 0) is 24.3 Å². The van der Waals surface area contributed by atoms with Gasteiger partial charge < -0.3 is 4.42 Å². The van der Waals surface area contributed by atoms with Gasteiger partial charge in [-0.2, -0.15) is 0 Å². The number of hydrogen-bond donors (Lipinski definition) is 2. The first kappa shape index (κ1) is 15.4. The van der Waals surface area contributed by atoms with Gasteiger partial charge in [-0.1, -0.05) is 30.3 Å². The molecule has 0 saturated heterocycles. The zero-order chi connectivity index (χ0) is 17.1. The monoisotopic (exact) mass is 326 g/mol. The molecule has 0 spiro atoms. The minimum Gasteiger partial charge on any atom is -0.422 e. The van der Waals surface area contributed by atoms with Gasteiger partial charge in [0.2, 0.25) is 0 Å². The summed E-state index contributed by atoms with van der Waals surface area (Å²) in [5.41, 5.74) is 3.11. The normalized spacial score (nSPS) is 10.4. The van der Waals surface area contributed by atoms with E-state index in [2.05, 4.69) is 10.9 Å². The Kier molecular flexibility index (Phi) is 4.07. The van der Waals surface area contributed by atoms with Gasteiger partial charge in [0, 0.05) is 5.39 Å². The number of benzene rings is 2. The fourth-order valence-electron chi connectivity index (χ4n) is 2.11. The second-order valence-corrected chi connectivity index (χ2v) is 4.87. The molecule has 0 fully saturated rings.